The third kappa shape index (κ3) is 5.76. The minimum Gasteiger partial charge on any atom is -0.355 e. The molecule has 1 saturated heterocycles. The molecule has 8 heteroatoms. The Hall–Kier alpha value is -2.48. The van der Waals surface area contributed by atoms with Crippen molar-refractivity contribution in [2.45, 2.75) is 18.2 Å². The third-order valence-electron chi connectivity index (χ3n) is 4.58. The predicted molar refractivity (Wildman–Crippen MR) is 112 cm³/mol. The number of rotatable bonds is 7. The molecule has 0 bridgehead atoms. The van der Waals surface area contributed by atoms with Crippen LogP contribution in [0.1, 0.15) is 12.0 Å². The molecule has 3 rings (SSSR count). The highest BCUT2D eigenvalue weighted by Crippen LogP contribution is 2.20. The molecule has 1 aromatic carbocycles. The largest absolute Gasteiger partial charge is 0.355 e. The zero-order chi connectivity index (χ0) is 19.8. The molecule has 1 aliphatic heterocycles. The fourth-order valence-corrected chi connectivity index (χ4v) is 4.22. The van der Waals surface area contributed by atoms with Crippen LogP contribution in [0, 0.1) is 5.82 Å². The van der Waals surface area contributed by atoms with Crippen molar-refractivity contribution in [2.75, 3.05) is 37.3 Å². The molecule has 1 aromatic heterocycles. The first-order valence-corrected chi connectivity index (χ1v) is 10.9. The maximum Gasteiger partial charge on any atom is 0.191 e. The molecular weight excluding hydrogens is 377 g/mol. The van der Waals surface area contributed by atoms with E-state index in [0.29, 0.717) is 36.4 Å². The van der Waals surface area contributed by atoms with Gasteiger partial charge in [0.15, 0.2) is 17.6 Å². The Morgan fingerprint density at radius 3 is 2.89 bits per heavy atom. The second kappa shape index (κ2) is 10.2. The van der Waals surface area contributed by atoms with E-state index in [1.807, 2.05) is 35.2 Å². The van der Waals surface area contributed by atoms with Crippen molar-refractivity contribution in [1.29, 1.82) is 0 Å². The Kier molecular flexibility index (Phi) is 7.36. The summed E-state index contributed by atoms with van der Waals surface area (Å²) >= 11 is 0. The van der Waals surface area contributed by atoms with Gasteiger partial charge < -0.3 is 15.5 Å². The molecule has 0 aliphatic carbocycles. The summed E-state index contributed by atoms with van der Waals surface area (Å²) in [6, 6.07) is 13.0. The Bertz CT molecular complexity index is 817. The van der Waals surface area contributed by atoms with Crippen LogP contribution in [-0.2, 0) is 16.6 Å². The molecule has 6 nitrogen and oxygen atoms in total. The first-order chi connectivity index (χ1) is 13.7. The van der Waals surface area contributed by atoms with E-state index in [2.05, 4.69) is 20.6 Å². The van der Waals surface area contributed by atoms with Crippen LogP contribution in [0.4, 0.5) is 10.2 Å². The third-order valence-corrected chi connectivity index (χ3v) is 5.90. The molecule has 1 aliphatic rings. The average molecular weight is 404 g/mol. The van der Waals surface area contributed by atoms with E-state index >= 15 is 0 Å². The number of hydrogen-bond acceptors (Lipinski definition) is 4. The molecule has 2 heterocycles. The van der Waals surface area contributed by atoms with Crippen molar-refractivity contribution >= 4 is 22.6 Å². The van der Waals surface area contributed by atoms with Crippen molar-refractivity contribution in [1.82, 2.24) is 15.6 Å². The van der Waals surface area contributed by atoms with Gasteiger partial charge in [0, 0.05) is 61.2 Å². The number of benzene rings is 1. The Morgan fingerprint density at radius 1 is 1.32 bits per heavy atom. The number of hydrogen-bond donors (Lipinski definition) is 2. The lowest BCUT2D eigenvalue weighted by molar-refractivity contribution is 0.612. The number of halogens is 1. The molecule has 2 N–H and O–H groups in total. The van der Waals surface area contributed by atoms with Crippen LogP contribution in [0.5, 0.6) is 0 Å². The molecule has 2 atom stereocenters. The van der Waals surface area contributed by atoms with Gasteiger partial charge in [-0.05, 0) is 24.1 Å². The van der Waals surface area contributed by atoms with Gasteiger partial charge in [-0.1, -0.05) is 30.3 Å². The maximum absolute atomic E-state index is 13.9. The predicted octanol–water partition coefficient (Wildman–Crippen LogP) is 1.91. The van der Waals surface area contributed by atoms with E-state index in [0.717, 1.165) is 18.5 Å². The second-order valence-electron chi connectivity index (χ2n) is 6.66. The number of nitrogens with one attached hydrogen (secondary N) is 2. The van der Waals surface area contributed by atoms with Crippen molar-refractivity contribution in [3.63, 3.8) is 0 Å². The van der Waals surface area contributed by atoms with Gasteiger partial charge in [0.05, 0.1) is 0 Å². The van der Waals surface area contributed by atoms with Gasteiger partial charge in [-0.15, -0.1) is 0 Å². The number of anilines is 1. The second-order valence-corrected chi connectivity index (χ2v) is 8.23. The fraction of sp³-hybridized carbons (Fsp3) is 0.400. The minimum absolute atomic E-state index is 0.155. The smallest absolute Gasteiger partial charge is 0.191 e. The van der Waals surface area contributed by atoms with Crippen LogP contribution >= 0.6 is 0 Å². The maximum atomic E-state index is 13.9. The summed E-state index contributed by atoms with van der Waals surface area (Å²) in [6.45, 7) is 1.97. The Morgan fingerprint density at radius 2 is 2.14 bits per heavy atom. The average Bonchev–Trinajstić information content (AvgIpc) is 3.16. The van der Waals surface area contributed by atoms with Gasteiger partial charge in [-0.2, -0.15) is 0 Å². The Labute approximate surface area is 167 Å². The molecule has 0 amide bonds. The number of nitrogens with zero attached hydrogens (tertiary/aromatic N) is 3. The molecule has 0 radical (unpaired) electrons. The topological polar surface area (TPSA) is 69.6 Å². The number of aliphatic imine (C=N–C) groups is 1. The molecule has 28 heavy (non-hydrogen) atoms. The molecule has 2 aromatic rings. The summed E-state index contributed by atoms with van der Waals surface area (Å²) in [5.41, 5.74) is 1.08. The summed E-state index contributed by atoms with van der Waals surface area (Å²) in [7, 11) is 0.780. The zero-order valence-corrected chi connectivity index (χ0v) is 16.8. The molecule has 2 unspecified atom stereocenters. The van der Waals surface area contributed by atoms with E-state index in [1.165, 1.54) is 6.07 Å². The molecular formula is C20H26FN5OS. The van der Waals surface area contributed by atoms with E-state index < -0.39 is 10.8 Å². The zero-order valence-electron chi connectivity index (χ0n) is 16.0. The van der Waals surface area contributed by atoms with Crippen molar-refractivity contribution in [2.24, 2.45) is 4.99 Å². The van der Waals surface area contributed by atoms with Crippen LogP contribution in [0.2, 0.25) is 0 Å². The lowest BCUT2D eigenvalue weighted by atomic mass is 10.2. The van der Waals surface area contributed by atoms with Gasteiger partial charge in [0.1, 0.15) is 0 Å². The highest BCUT2D eigenvalue weighted by molar-refractivity contribution is 7.84. The van der Waals surface area contributed by atoms with Crippen molar-refractivity contribution < 1.29 is 8.60 Å². The van der Waals surface area contributed by atoms with E-state index in [9.17, 15) is 8.60 Å². The molecule has 0 spiro atoms. The van der Waals surface area contributed by atoms with Crippen LogP contribution in [0.3, 0.4) is 0 Å². The minimum atomic E-state index is -0.930. The van der Waals surface area contributed by atoms with E-state index in [-0.39, 0.29) is 11.9 Å². The van der Waals surface area contributed by atoms with Crippen LogP contribution in [0.15, 0.2) is 53.7 Å². The van der Waals surface area contributed by atoms with Gasteiger partial charge in [0.25, 0.3) is 0 Å². The quantitative estimate of drug-likeness (QED) is 0.546. The number of pyridine rings is 1. The van der Waals surface area contributed by atoms with E-state index in [1.54, 1.807) is 19.3 Å². The first-order valence-electron chi connectivity index (χ1n) is 9.37. The fourth-order valence-electron chi connectivity index (χ4n) is 3.18. The van der Waals surface area contributed by atoms with Crippen LogP contribution in [0.25, 0.3) is 0 Å². The van der Waals surface area contributed by atoms with Crippen LogP contribution in [-0.4, -0.2) is 53.6 Å². The SMILES string of the molecule is CN=C(NCCS(=O)Cc1ccccc1)NC1CCN(c2ncccc2F)C1. The summed E-state index contributed by atoms with van der Waals surface area (Å²) in [4.78, 5) is 10.3. The standard InChI is InChI=1S/C20H26FN5OS/c1-22-20(24-11-13-28(27)15-16-6-3-2-4-7-16)25-17-9-12-26(14-17)19-18(21)8-5-10-23-19/h2-8,10,17H,9,11-15H2,1H3,(H2,22,24,25). The lowest BCUT2D eigenvalue weighted by Gasteiger charge is -2.20. The summed E-state index contributed by atoms with van der Waals surface area (Å²) in [6.07, 6.45) is 2.48. The Balaban J connectivity index is 1.41. The van der Waals surface area contributed by atoms with Crippen molar-refractivity contribution in [3.8, 4) is 0 Å². The summed E-state index contributed by atoms with van der Waals surface area (Å²) in [5, 5.41) is 6.57. The number of aromatic nitrogens is 1. The first kappa shape index (κ1) is 20.3. The molecule has 1 fully saturated rings. The van der Waals surface area contributed by atoms with Crippen molar-refractivity contribution in [3.05, 3.63) is 60.0 Å². The van der Waals surface area contributed by atoms with Crippen LogP contribution < -0.4 is 15.5 Å². The normalized spacial score (nSPS) is 18.1. The summed E-state index contributed by atoms with van der Waals surface area (Å²) in [5.74, 6) is 1.87. The van der Waals surface area contributed by atoms with Gasteiger partial charge in [0.2, 0.25) is 0 Å². The van der Waals surface area contributed by atoms with Gasteiger partial charge in [-0.25, -0.2) is 9.37 Å². The van der Waals surface area contributed by atoms with E-state index in [4.69, 9.17) is 0 Å². The molecule has 150 valence electrons. The monoisotopic (exact) mass is 403 g/mol. The lowest BCUT2D eigenvalue weighted by Crippen LogP contribution is -2.45. The number of guanidine groups is 1. The highest BCUT2D eigenvalue weighted by Gasteiger charge is 2.25. The van der Waals surface area contributed by atoms with Gasteiger partial charge in [-0.3, -0.25) is 9.20 Å². The summed E-state index contributed by atoms with van der Waals surface area (Å²) < 4.78 is 26.1. The highest BCUT2D eigenvalue weighted by atomic mass is 32.2. The van der Waals surface area contributed by atoms with Gasteiger partial charge >= 0.3 is 0 Å². The molecule has 0 saturated carbocycles.